The third-order valence-electron chi connectivity index (χ3n) is 4.14. The topological polar surface area (TPSA) is 86.7 Å². The number of nitrogens with zero attached hydrogens (tertiary/aromatic N) is 1. The molecule has 0 aliphatic carbocycles. The minimum atomic E-state index is -0.970. The van der Waals surface area contributed by atoms with Crippen LogP contribution in [0.5, 0.6) is 0 Å². The summed E-state index contributed by atoms with van der Waals surface area (Å²) in [4.78, 5) is 36.9. The number of amides is 2. The van der Waals surface area contributed by atoms with Crippen LogP contribution in [0, 0.1) is 0 Å². The van der Waals surface area contributed by atoms with Gasteiger partial charge < -0.3 is 15.3 Å². The Morgan fingerprint density at radius 3 is 2.54 bits per heavy atom. The minimum Gasteiger partial charge on any atom is -0.480 e. The van der Waals surface area contributed by atoms with Crippen molar-refractivity contribution >= 4 is 33.7 Å². The molecule has 1 unspecified atom stereocenters. The minimum absolute atomic E-state index is 0.0466. The number of hydrogen-bond donors (Lipinski definition) is 2. The molecule has 0 bridgehead atoms. The monoisotopic (exact) mass is 396 g/mol. The Hall–Kier alpha value is -1.89. The van der Waals surface area contributed by atoms with Crippen LogP contribution in [0.1, 0.15) is 44.2 Å². The maximum absolute atomic E-state index is 12.6. The van der Waals surface area contributed by atoms with E-state index in [2.05, 4.69) is 21.2 Å². The normalized spacial score (nSPS) is 18.8. The molecule has 0 spiro atoms. The molecule has 2 amide bonds. The molecule has 130 valence electrons. The summed E-state index contributed by atoms with van der Waals surface area (Å²) in [6, 6.07) is 6.12. The summed E-state index contributed by atoms with van der Waals surface area (Å²) in [5.74, 6) is -1.45. The number of halogens is 1. The first-order valence-electron chi connectivity index (χ1n) is 7.93. The van der Waals surface area contributed by atoms with Gasteiger partial charge in [0.2, 0.25) is 11.8 Å². The molecule has 2 atom stereocenters. The first kappa shape index (κ1) is 18.4. The summed E-state index contributed by atoms with van der Waals surface area (Å²) in [7, 11) is 0. The van der Waals surface area contributed by atoms with Crippen molar-refractivity contribution in [2.75, 3.05) is 6.54 Å². The van der Waals surface area contributed by atoms with Gasteiger partial charge in [0, 0.05) is 17.9 Å². The van der Waals surface area contributed by atoms with E-state index in [1.165, 1.54) is 11.8 Å². The molecule has 6 nitrogen and oxygen atoms in total. The fourth-order valence-corrected chi connectivity index (χ4v) is 3.24. The highest BCUT2D eigenvalue weighted by Gasteiger charge is 2.33. The van der Waals surface area contributed by atoms with E-state index in [1.807, 2.05) is 24.3 Å². The zero-order chi connectivity index (χ0) is 17.7. The smallest absolute Gasteiger partial charge is 0.326 e. The number of likely N-dealkylation sites (tertiary alicyclic amines) is 1. The first-order valence-corrected chi connectivity index (χ1v) is 8.72. The van der Waals surface area contributed by atoms with E-state index in [0.717, 1.165) is 22.9 Å². The SMILES string of the molecule is CC(=O)NC(CC(=O)N1CCCC[C@@H]1C(=O)O)c1ccc(Br)cc1. The van der Waals surface area contributed by atoms with Crippen LogP contribution in [0.3, 0.4) is 0 Å². The van der Waals surface area contributed by atoms with E-state index in [-0.39, 0.29) is 18.2 Å². The van der Waals surface area contributed by atoms with Gasteiger partial charge in [0.05, 0.1) is 12.5 Å². The highest BCUT2D eigenvalue weighted by Crippen LogP contribution is 2.24. The molecule has 24 heavy (non-hydrogen) atoms. The van der Waals surface area contributed by atoms with Crippen LogP contribution in [0.2, 0.25) is 0 Å². The summed E-state index contributed by atoms with van der Waals surface area (Å²) in [5, 5.41) is 12.1. The number of carbonyl (C=O) groups is 3. The van der Waals surface area contributed by atoms with Crippen molar-refractivity contribution in [3.05, 3.63) is 34.3 Å². The Balaban J connectivity index is 2.15. The molecule has 1 fully saturated rings. The third kappa shape index (κ3) is 4.80. The second kappa shape index (κ2) is 8.28. The second-order valence-electron chi connectivity index (χ2n) is 5.95. The lowest BCUT2D eigenvalue weighted by Gasteiger charge is -2.34. The molecular weight excluding hydrogens is 376 g/mol. The van der Waals surface area contributed by atoms with Crippen LogP contribution in [-0.2, 0) is 14.4 Å². The van der Waals surface area contributed by atoms with Crippen molar-refractivity contribution in [3.8, 4) is 0 Å². The zero-order valence-corrected chi connectivity index (χ0v) is 15.1. The molecule has 0 radical (unpaired) electrons. The average molecular weight is 397 g/mol. The van der Waals surface area contributed by atoms with E-state index in [0.29, 0.717) is 13.0 Å². The molecule has 0 saturated carbocycles. The predicted molar refractivity (Wildman–Crippen MR) is 92.3 cm³/mol. The number of aliphatic carboxylic acids is 1. The molecule has 1 aromatic carbocycles. The maximum atomic E-state index is 12.6. The molecule has 7 heteroatoms. The summed E-state index contributed by atoms with van der Waals surface area (Å²) in [6.45, 7) is 1.85. The Morgan fingerprint density at radius 1 is 1.29 bits per heavy atom. The van der Waals surface area contributed by atoms with Gasteiger partial charge in [-0.15, -0.1) is 0 Å². The largest absolute Gasteiger partial charge is 0.480 e. The van der Waals surface area contributed by atoms with Crippen molar-refractivity contribution in [1.82, 2.24) is 10.2 Å². The number of piperidine rings is 1. The van der Waals surface area contributed by atoms with Crippen LogP contribution in [0.25, 0.3) is 0 Å². The molecule has 1 aliphatic rings. The molecule has 0 aromatic heterocycles. The number of benzene rings is 1. The molecule has 1 saturated heterocycles. The standard InChI is InChI=1S/C17H21BrN2O4/c1-11(21)19-14(12-5-7-13(18)8-6-12)10-16(22)20-9-3-2-4-15(20)17(23)24/h5-8,14-15H,2-4,9-10H2,1H3,(H,19,21)(H,23,24)/t14?,15-/m1/s1. The van der Waals surface area contributed by atoms with Crippen molar-refractivity contribution in [2.45, 2.75) is 44.7 Å². The quantitative estimate of drug-likeness (QED) is 0.800. The van der Waals surface area contributed by atoms with Crippen molar-refractivity contribution in [3.63, 3.8) is 0 Å². The highest BCUT2D eigenvalue weighted by atomic mass is 79.9. The van der Waals surface area contributed by atoms with Crippen molar-refractivity contribution in [1.29, 1.82) is 0 Å². The van der Waals surface area contributed by atoms with Crippen LogP contribution in [0.15, 0.2) is 28.7 Å². The summed E-state index contributed by atoms with van der Waals surface area (Å²) < 4.78 is 0.904. The van der Waals surface area contributed by atoms with Gasteiger partial charge >= 0.3 is 5.97 Å². The molecule has 2 N–H and O–H groups in total. The van der Waals surface area contributed by atoms with Crippen LogP contribution in [-0.4, -0.2) is 40.4 Å². The predicted octanol–water partition coefficient (Wildman–Crippen LogP) is 2.48. The number of carboxylic acid groups (broad SMARTS) is 1. The second-order valence-corrected chi connectivity index (χ2v) is 6.86. The molecule has 1 aliphatic heterocycles. The average Bonchev–Trinajstić information content (AvgIpc) is 2.54. The van der Waals surface area contributed by atoms with Gasteiger partial charge in [0.15, 0.2) is 0 Å². The highest BCUT2D eigenvalue weighted by molar-refractivity contribution is 9.10. The Morgan fingerprint density at radius 2 is 1.96 bits per heavy atom. The lowest BCUT2D eigenvalue weighted by molar-refractivity contribution is -0.152. The lowest BCUT2D eigenvalue weighted by Crippen LogP contribution is -2.48. The van der Waals surface area contributed by atoms with Gasteiger partial charge in [0.25, 0.3) is 0 Å². The van der Waals surface area contributed by atoms with Crippen LogP contribution in [0.4, 0.5) is 0 Å². The number of carbonyl (C=O) groups excluding carboxylic acids is 2. The number of hydrogen-bond acceptors (Lipinski definition) is 3. The zero-order valence-electron chi connectivity index (χ0n) is 13.5. The van der Waals surface area contributed by atoms with E-state index in [4.69, 9.17) is 0 Å². The van der Waals surface area contributed by atoms with Gasteiger partial charge in [-0.05, 0) is 37.0 Å². The van der Waals surface area contributed by atoms with Crippen molar-refractivity contribution < 1.29 is 19.5 Å². The lowest BCUT2D eigenvalue weighted by atomic mass is 9.98. The maximum Gasteiger partial charge on any atom is 0.326 e. The van der Waals surface area contributed by atoms with E-state index < -0.39 is 18.1 Å². The fourth-order valence-electron chi connectivity index (χ4n) is 2.97. The Bertz CT molecular complexity index is 618. The molecule has 1 aromatic rings. The van der Waals surface area contributed by atoms with Crippen molar-refractivity contribution in [2.24, 2.45) is 0 Å². The van der Waals surface area contributed by atoms with Crippen LogP contribution < -0.4 is 5.32 Å². The Kier molecular flexibility index (Phi) is 6.36. The molecule has 2 rings (SSSR count). The first-order chi connectivity index (χ1) is 11.4. The van der Waals surface area contributed by atoms with Gasteiger partial charge in [-0.25, -0.2) is 4.79 Å². The summed E-state index contributed by atoms with van der Waals surface area (Å²) in [6.07, 6.45) is 2.14. The number of carboxylic acids is 1. The number of rotatable bonds is 5. The fraction of sp³-hybridized carbons (Fsp3) is 0.471. The van der Waals surface area contributed by atoms with Gasteiger partial charge in [0.1, 0.15) is 6.04 Å². The number of nitrogens with one attached hydrogen (secondary N) is 1. The van der Waals surface area contributed by atoms with Crippen LogP contribution >= 0.6 is 15.9 Å². The van der Waals surface area contributed by atoms with E-state index in [1.54, 1.807) is 0 Å². The third-order valence-corrected chi connectivity index (χ3v) is 4.67. The molecular formula is C17H21BrN2O4. The van der Waals surface area contributed by atoms with E-state index in [9.17, 15) is 19.5 Å². The van der Waals surface area contributed by atoms with Gasteiger partial charge in [-0.2, -0.15) is 0 Å². The van der Waals surface area contributed by atoms with E-state index >= 15 is 0 Å². The summed E-state index contributed by atoms with van der Waals surface area (Å²) in [5.41, 5.74) is 0.811. The van der Waals surface area contributed by atoms with Gasteiger partial charge in [-0.3, -0.25) is 9.59 Å². The Labute approximate surface area is 149 Å². The summed E-state index contributed by atoms with van der Waals surface area (Å²) >= 11 is 3.35. The van der Waals surface area contributed by atoms with Gasteiger partial charge in [-0.1, -0.05) is 28.1 Å². The molecule has 1 heterocycles.